The molecule has 0 bridgehead atoms. The van der Waals surface area contributed by atoms with Gasteiger partial charge < -0.3 is 26.0 Å². The number of rotatable bonds is 4. The number of hydrogen-bond donors (Lipinski definition) is 4. The second-order valence-electron chi connectivity index (χ2n) is 5.85. The fourth-order valence-electron chi connectivity index (χ4n) is 1.75. The number of carbonyl (C=O) groups is 1. The highest BCUT2D eigenvalue weighted by Gasteiger charge is 2.23. The molecule has 1 rings (SSSR count). The van der Waals surface area contributed by atoms with Gasteiger partial charge in [-0.15, -0.1) is 0 Å². The summed E-state index contributed by atoms with van der Waals surface area (Å²) >= 11 is 0. The molecule has 120 valence electrons. The molecule has 0 spiro atoms. The van der Waals surface area contributed by atoms with E-state index in [1.807, 2.05) is 6.07 Å². The van der Waals surface area contributed by atoms with Crippen LogP contribution in [-0.2, 0) is 4.74 Å². The van der Waals surface area contributed by atoms with Crippen LogP contribution in [0.4, 0.5) is 10.5 Å². The minimum atomic E-state index is -1.33. The molecule has 0 saturated heterocycles. The lowest BCUT2D eigenvalue weighted by Gasteiger charge is -2.22. The molecule has 2 atom stereocenters. The fourth-order valence-corrected chi connectivity index (χ4v) is 1.75. The van der Waals surface area contributed by atoms with Crippen LogP contribution in [0.5, 0.6) is 0 Å². The lowest BCUT2D eigenvalue weighted by Crippen LogP contribution is -2.39. The van der Waals surface area contributed by atoms with E-state index in [9.17, 15) is 15.0 Å². The third kappa shape index (κ3) is 5.24. The summed E-state index contributed by atoms with van der Waals surface area (Å²) in [7, 11) is 0. The van der Waals surface area contributed by atoms with Gasteiger partial charge in [0, 0.05) is 17.8 Å². The Hall–Kier alpha value is -2.30. The van der Waals surface area contributed by atoms with Gasteiger partial charge in [-0.25, -0.2) is 4.79 Å². The summed E-state index contributed by atoms with van der Waals surface area (Å²) in [4.78, 5) is 11.5. The average molecular weight is 307 g/mol. The smallest absolute Gasteiger partial charge is 0.407 e. The van der Waals surface area contributed by atoms with Crippen molar-refractivity contribution >= 4 is 11.8 Å². The monoisotopic (exact) mass is 307 g/mol. The number of alkyl carbamates (subject to hydrolysis) is 1. The number of nitrogens with zero attached hydrogens (tertiary/aromatic N) is 1. The van der Waals surface area contributed by atoms with Crippen LogP contribution in [0.15, 0.2) is 18.2 Å². The van der Waals surface area contributed by atoms with Gasteiger partial charge >= 0.3 is 6.09 Å². The van der Waals surface area contributed by atoms with Gasteiger partial charge in [0.25, 0.3) is 0 Å². The summed E-state index contributed by atoms with van der Waals surface area (Å²) in [5, 5.41) is 31.4. The Morgan fingerprint density at radius 3 is 2.64 bits per heavy atom. The van der Waals surface area contributed by atoms with Crippen molar-refractivity contribution in [3.05, 3.63) is 29.3 Å². The van der Waals surface area contributed by atoms with E-state index in [0.717, 1.165) is 0 Å². The van der Waals surface area contributed by atoms with E-state index >= 15 is 0 Å². The number of nitrogen functional groups attached to an aromatic ring is 1. The van der Waals surface area contributed by atoms with Crippen LogP contribution in [0.2, 0.25) is 0 Å². The number of nitriles is 1. The molecule has 0 saturated carbocycles. The number of benzene rings is 1. The van der Waals surface area contributed by atoms with E-state index in [-0.39, 0.29) is 17.7 Å². The van der Waals surface area contributed by atoms with Crippen LogP contribution >= 0.6 is 0 Å². The molecule has 22 heavy (non-hydrogen) atoms. The van der Waals surface area contributed by atoms with Crippen molar-refractivity contribution < 1.29 is 19.7 Å². The Balaban J connectivity index is 2.68. The van der Waals surface area contributed by atoms with Crippen molar-refractivity contribution in [3.63, 3.8) is 0 Å². The highest BCUT2D eigenvalue weighted by Crippen LogP contribution is 2.22. The summed E-state index contributed by atoms with van der Waals surface area (Å²) < 4.78 is 5.02. The van der Waals surface area contributed by atoms with Crippen LogP contribution in [0, 0.1) is 11.3 Å². The Labute approximate surface area is 129 Å². The Morgan fingerprint density at radius 1 is 1.45 bits per heavy atom. The van der Waals surface area contributed by atoms with Gasteiger partial charge in [0.15, 0.2) is 0 Å². The molecule has 2 unspecified atom stereocenters. The molecule has 7 nitrogen and oxygen atoms in total. The largest absolute Gasteiger partial charge is 0.444 e. The number of nitrogens with two attached hydrogens (primary N) is 1. The van der Waals surface area contributed by atoms with Crippen LogP contribution in [0.25, 0.3) is 0 Å². The van der Waals surface area contributed by atoms with Crippen LogP contribution < -0.4 is 11.1 Å². The number of anilines is 1. The normalized spacial score (nSPS) is 13.8. The zero-order chi connectivity index (χ0) is 16.9. The lowest BCUT2D eigenvalue weighted by atomic mass is 9.98. The van der Waals surface area contributed by atoms with E-state index < -0.39 is 23.9 Å². The van der Waals surface area contributed by atoms with Crippen LogP contribution in [0.3, 0.4) is 0 Å². The molecular weight excluding hydrogens is 286 g/mol. The zero-order valence-electron chi connectivity index (χ0n) is 12.8. The van der Waals surface area contributed by atoms with Crippen molar-refractivity contribution in [2.75, 3.05) is 12.3 Å². The molecule has 0 aliphatic heterocycles. The van der Waals surface area contributed by atoms with Crippen LogP contribution in [0.1, 0.15) is 38.0 Å². The topological polar surface area (TPSA) is 129 Å². The highest BCUT2D eigenvalue weighted by molar-refractivity contribution is 5.67. The van der Waals surface area contributed by atoms with Gasteiger partial charge in [0.2, 0.25) is 0 Å². The van der Waals surface area contributed by atoms with Gasteiger partial charge in [-0.3, -0.25) is 0 Å². The maximum Gasteiger partial charge on any atom is 0.407 e. The van der Waals surface area contributed by atoms with Gasteiger partial charge in [-0.2, -0.15) is 5.26 Å². The third-order valence-electron chi connectivity index (χ3n) is 2.74. The summed E-state index contributed by atoms with van der Waals surface area (Å²) in [5.41, 5.74) is 5.71. The maximum absolute atomic E-state index is 11.5. The first-order valence-electron chi connectivity index (χ1n) is 6.76. The second-order valence-corrected chi connectivity index (χ2v) is 5.85. The first-order valence-corrected chi connectivity index (χ1v) is 6.76. The summed E-state index contributed by atoms with van der Waals surface area (Å²) in [5.74, 6) is 0. The lowest BCUT2D eigenvalue weighted by molar-refractivity contribution is 0.0128. The van der Waals surface area contributed by atoms with Crippen LogP contribution in [-0.4, -0.2) is 34.6 Å². The summed E-state index contributed by atoms with van der Waals surface area (Å²) in [6.45, 7) is 4.92. The Morgan fingerprint density at radius 2 is 2.09 bits per heavy atom. The SMILES string of the molecule is CC(C)(C)OC(=O)NCC(O)C(O)c1ccc(N)cc1C#N. The van der Waals surface area contributed by atoms with E-state index in [1.54, 1.807) is 20.8 Å². The first-order chi connectivity index (χ1) is 10.1. The molecule has 1 aromatic rings. The number of aliphatic hydroxyl groups is 2. The predicted octanol–water partition coefficient (Wildman–Crippen LogP) is 1.06. The molecule has 7 heteroatoms. The zero-order valence-corrected chi connectivity index (χ0v) is 12.8. The minimum Gasteiger partial charge on any atom is -0.444 e. The number of carbonyl (C=O) groups excluding carboxylic acids is 1. The minimum absolute atomic E-state index is 0.170. The number of aliphatic hydroxyl groups excluding tert-OH is 2. The molecule has 1 aromatic carbocycles. The quantitative estimate of drug-likeness (QED) is 0.616. The summed E-state index contributed by atoms with van der Waals surface area (Å²) in [6, 6.07) is 6.30. The van der Waals surface area contributed by atoms with Crippen molar-refractivity contribution in [3.8, 4) is 6.07 Å². The second kappa shape index (κ2) is 7.11. The van der Waals surface area contributed by atoms with E-state index in [2.05, 4.69) is 5.32 Å². The van der Waals surface area contributed by atoms with Crippen molar-refractivity contribution in [1.29, 1.82) is 5.26 Å². The first kappa shape index (κ1) is 17.8. The van der Waals surface area contributed by atoms with E-state index in [1.165, 1.54) is 18.2 Å². The fraction of sp³-hybridized carbons (Fsp3) is 0.467. The van der Waals surface area contributed by atoms with Crippen molar-refractivity contribution in [1.82, 2.24) is 5.32 Å². The number of amides is 1. The molecular formula is C15H21N3O4. The van der Waals surface area contributed by atoms with Crippen molar-refractivity contribution in [2.24, 2.45) is 0 Å². The van der Waals surface area contributed by atoms with Gasteiger partial charge in [-0.05, 0) is 32.9 Å². The Bertz CT molecular complexity index is 575. The van der Waals surface area contributed by atoms with Crippen molar-refractivity contribution in [2.45, 2.75) is 38.6 Å². The predicted molar refractivity (Wildman–Crippen MR) is 80.8 cm³/mol. The molecule has 0 aliphatic carbocycles. The molecule has 0 radical (unpaired) electrons. The van der Waals surface area contributed by atoms with Gasteiger partial charge in [0.05, 0.1) is 11.6 Å². The standard InChI is InChI=1S/C15H21N3O4/c1-15(2,3)22-14(21)18-8-12(19)13(20)11-5-4-10(17)6-9(11)7-16/h4-6,12-13,19-20H,8,17H2,1-3H3,(H,18,21). The number of nitrogens with one attached hydrogen (secondary N) is 1. The maximum atomic E-state index is 11.5. The van der Waals surface area contributed by atoms with Gasteiger partial charge in [0.1, 0.15) is 17.8 Å². The number of hydrogen-bond acceptors (Lipinski definition) is 6. The summed E-state index contributed by atoms with van der Waals surface area (Å²) in [6.07, 6.45) is -3.31. The van der Waals surface area contributed by atoms with E-state index in [0.29, 0.717) is 5.69 Å². The Kier molecular flexibility index (Phi) is 5.74. The molecule has 5 N–H and O–H groups in total. The molecule has 0 aliphatic rings. The van der Waals surface area contributed by atoms with Gasteiger partial charge in [-0.1, -0.05) is 6.07 Å². The number of ether oxygens (including phenoxy) is 1. The third-order valence-corrected chi connectivity index (χ3v) is 2.74. The average Bonchev–Trinajstić information content (AvgIpc) is 2.42. The highest BCUT2D eigenvalue weighted by atomic mass is 16.6. The molecule has 0 aromatic heterocycles. The molecule has 1 amide bonds. The van der Waals surface area contributed by atoms with E-state index in [4.69, 9.17) is 15.7 Å². The molecule has 0 heterocycles. The molecule has 0 fully saturated rings.